The van der Waals surface area contributed by atoms with Gasteiger partial charge < -0.3 is 15.4 Å². The number of hydrogen-bond acceptors (Lipinski definition) is 6. The van der Waals surface area contributed by atoms with E-state index in [1.165, 1.54) is 17.0 Å². The number of ether oxygens (including phenoxy) is 1. The maximum absolute atomic E-state index is 13.3. The smallest absolute Gasteiger partial charge is 0.244 e. The van der Waals surface area contributed by atoms with Gasteiger partial charge in [0.15, 0.2) is 0 Å². The maximum atomic E-state index is 13.3. The van der Waals surface area contributed by atoms with E-state index in [0.29, 0.717) is 16.5 Å². The van der Waals surface area contributed by atoms with Crippen molar-refractivity contribution in [3.8, 4) is 24.0 Å². The fourth-order valence-corrected chi connectivity index (χ4v) is 3.55. The number of hydrogen-bond donors (Lipinski definition) is 2. The summed E-state index contributed by atoms with van der Waals surface area (Å²) in [4.78, 5) is 35.3. The molecule has 2 N–H and O–H groups in total. The molecule has 0 aliphatic carbocycles. The first-order valence-electron chi connectivity index (χ1n) is 10.9. The lowest BCUT2D eigenvalue weighted by Crippen LogP contribution is -2.52. The zero-order chi connectivity index (χ0) is 25.5. The summed E-state index contributed by atoms with van der Waals surface area (Å²) in [6.07, 6.45) is 5.21. The number of guanidine groups is 1. The predicted octanol–water partition coefficient (Wildman–Crippen LogP) is 3.84. The van der Waals surface area contributed by atoms with E-state index in [1.54, 1.807) is 54.6 Å². The summed E-state index contributed by atoms with van der Waals surface area (Å²) >= 11 is 5.99. The van der Waals surface area contributed by atoms with Gasteiger partial charge in [-0.15, -0.1) is 6.42 Å². The van der Waals surface area contributed by atoms with Gasteiger partial charge in [-0.3, -0.25) is 19.5 Å². The Morgan fingerprint density at radius 1 is 1.17 bits per heavy atom. The molecule has 1 atom stereocenters. The third kappa shape index (κ3) is 6.17. The molecule has 10 heteroatoms. The number of aliphatic imine (C=N–C) groups is 1. The van der Waals surface area contributed by atoms with Crippen LogP contribution in [-0.4, -0.2) is 40.7 Å². The minimum atomic E-state index is -0.995. The monoisotopic (exact) mass is 505 g/mol. The number of anilines is 1. The molecule has 1 aromatic heterocycles. The Morgan fingerprint density at radius 2 is 1.92 bits per heavy atom. The second-order valence-corrected chi connectivity index (χ2v) is 8.18. The number of nitrogens with zero attached hydrogens (tertiary/aromatic N) is 3. The average molecular weight is 506 g/mol. The molecule has 8 nitrogen and oxygen atoms in total. The molecule has 36 heavy (non-hydrogen) atoms. The second-order valence-electron chi connectivity index (χ2n) is 7.74. The molecule has 2 amide bonds. The number of aromatic nitrogens is 1. The molecule has 2 aromatic carbocycles. The molecular formula is C26H21ClFN5O3. The van der Waals surface area contributed by atoms with E-state index < -0.39 is 23.7 Å². The third-order valence-electron chi connectivity index (χ3n) is 5.20. The van der Waals surface area contributed by atoms with E-state index in [-0.39, 0.29) is 31.5 Å². The number of halogens is 2. The lowest BCUT2D eigenvalue weighted by molar-refractivity contribution is -0.139. The first-order valence-corrected chi connectivity index (χ1v) is 11.3. The molecule has 0 spiro atoms. The van der Waals surface area contributed by atoms with Gasteiger partial charge in [0.05, 0.1) is 19.6 Å². The number of benzene rings is 2. The van der Waals surface area contributed by atoms with E-state index in [1.807, 2.05) is 0 Å². The van der Waals surface area contributed by atoms with Crippen LogP contribution in [0.2, 0.25) is 5.02 Å². The highest BCUT2D eigenvalue weighted by molar-refractivity contribution is 6.30. The van der Waals surface area contributed by atoms with E-state index in [4.69, 9.17) is 22.8 Å². The van der Waals surface area contributed by atoms with Gasteiger partial charge in [0.1, 0.15) is 11.7 Å². The van der Waals surface area contributed by atoms with Gasteiger partial charge in [0, 0.05) is 16.8 Å². The van der Waals surface area contributed by atoms with E-state index in [0.717, 1.165) is 5.56 Å². The minimum absolute atomic E-state index is 0.0220. The van der Waals surface area contributed by atoms with Crippen LogP contribution in [0.1, 0.15) is 5.56 Å². The molecule has 182 valence electrons. The molecule has 0 radical (unpaired) electrons. The Bertz CT molecular complexity index is 1320. The number of pyridine rings is 1. The third-order valence-corrected chi connectivity index (χ3v) is 5.45. The van der Waals surface area contributed by atoms with Crippen molar-refractivity contribution in [3.05, 3.63) is 83.3 Å². The first kappa shape index (κ1) is 24.7. The van der Waals surface area contributed by atoms with Crippen molar-refractivity contribution >= 4 is 35.1 Å². The van der Waals surface area contributed by atoms with Crippen molar-refractivity contribution < 1.29 is 18.7 Å². The van der Waals surface area contributed by atoms with Crippen molar-refractivity contribution in [3.63, 3.8) is 0 Å². The summed E-state index contributed by atoms with van der Waals surface area (Å²) in [7, 11) is 0. The molecule has 1 aliphatic heterocycles. The zero-order valence-corrected chi connectivity index (χ0v) is 19.7. The summed E-state index contributed by atoms with van der Waals surface area (Å²) in [5.41, 5.74) is 1.43. The standard InChI is InChI=1S/C26H21ClFN5O3/c1-2-14-29-24(34)21-15-30-26(33(25(21)35)16-17-6-8-18(27)9-7-17)31-19-10-12-20(13-11-19)36-23-5-3-4-22(28)32-23/h1,3-13,21H,14-16H2,(H,29,34)(H,30,31). The van der Waals surface area contributed by atoms with Crippen LogP contribution in [0.25, 0.3) is 0 Å². The molecule has 0 saturated heterocycles. The van der Waals surface area contributed by atoms with Crippen molar-refractivity contribution in [2.45, 2.75) is 6.54 Å². The second kappa shape index (κ2) is 11.3. The quantitative estimate of drug-likeness (QED) is 0.289. The number of amides is 2. The normalized spacial score (nSPS) is 15.0. The van der Waals surface area contributed by atoms with Gasteiger partial charge >= 0.3 is 0 Å². The summed E-state index contributed by atoms with van der Waals surface area (Å²) in [6.45, 7) is 0.169. The Kier molecular flexibility index (Phi) is 7.78. The molecule has 0 bridgehead atoms. The molecule has 3 aromatic rings. The predicted molar refractivity (Wildman–Crippen MR) is 134 cm³/mol. The molecule has 1 unspecified atom stereocenters. The van der Waals surface area contributed by atoms with Crippen LogP contribution in [0, 0.1) is 24.2 Å². The van der Waals surface area contributed by atoms with Gasteiger partial charge in [-0.05, 0) is 48.0 Å². The minimum Gasteiger partial charge on any atom is -0.439 e. The van der Waals surface area contributed by atoms with Gasteiger partial charge in [-0.2, -0.15) is 9.37 Å². The lowest BCUT2D eigenvalue weighted by Gasteiger charge is -2.31. The van der Waals surface area contributed by atoms with Crippen LogP contribution in [-0.2, 0) is 16.1 Å². The highest BCUT2D eigenvalue weighted by Crippen LogP contribution is 2.23. The van der Waals surface area contributed by atoms with Gasteiger partial charge in [0.2, 0.25) is 29.6 Å². The van der Waals surface area contributed by atoms with Crippen molar-refractivity contribution in [2.75, 3.05) is 18.4 Å². The van der Waals surface area contributed by atoms with Crippen LogP contribution in [0.3, 0.4) is 0 Å². The summed E-state index contributed by atoms with van der Waals surface area (Å²) < 4.78 is 18.9. The Balaban J connectivity index is 1.52. The Hall–Kier alpha value is -4.42. The van der Waals surface area contributed by atoms with Crippen LogP contribution >= 0.6 is 11.6 Å². The van der Waals surface area contributed by atoms with Crippen molar-refractivity contribution in [1.82, 2.24) is 15.2 Å². The Labute approximate surface area is 212 Å². The molecule has 1 aliphatic rings. The van der Waals surface area contributed by atoms with Gasteiger partial charge in [0.25, 0.3) is 0 Å². The SMILES string of the molecule is C#CCNC(=O)C1CN=C(Nc2ccc(Oc3cccc(F)n3)cc2)N(Cc2ccc(Cl)cc2)C1=O. The van der Waals surface area contributed by atoms with Crippen molar-refractivity contribution in [2.24, 2.45) is 10.9 Å². The molecule has 4 rings (SSSR count). The highest BCUT2D eigenvalue weighted by atomic mass is 35.5. The molecule has 2 heterocycles. The fourth-order valence-electron chi connectivity index (χ4n) is 3.42. The van der Waals surface area contributed by atoms with Crippen LogP contribution < -0.4 is 15.4 Å². The fraction of sp³-hybridized carbons (Fsp3) is 0.154. The summed E-state index contributed by atoms with van der Waals surface area (Å²) in [5, 5.41) is 6.24. The molecule has 0 fully saturated rings. The first-order chi connectivity index (χ1) is 17.4. The van der Waals surface area contributed by atoms with E-state index in [9.17, 15) is 14.0 Å². The number of terminal acetylenes is 1. The van der Waals surface area contributed by atoms with Crippen LogP contribution in [0.15, 0.2) is 71.7 Å². The molecular weight excluding hydrogens is 485 g/mol. The highest BCUT2D eigenvalue weighted by Gasteiger charge is 2.36. The number of nitrogens with one attached hydrogen (secondary N) is 2. The Morgan fingerprint density at radius 3 is 2.61 bits per heavy atom. The number of carbonyl (C=O) groups excluding carboxylic acids is 2. The summed E-state index contributed by atoms with van der Waals surface area (Å²) in [5.74, 6) is 0.664. The summed E-state index contributed by atoms with van der Waals surface area (Å²) in [6, 6.07) is 18.1. The van der Waals surface area contributed by atoms with Crippen molar-refractivity contribution in [1.29, 1.82) is 0 Å². The van der Waals surface area contributed by atoms with E-state index >= 15 is 0 Å². The average Bonchev–Trinajstić information content (AvgIpc) is 2.87. The topological polar surface area (TPSA) is 95.9 Å². The number of rotatable bonds is 7. The largest absolute Gasteiger partial charge is 0.439 e. The zero-order valence-electron chi connectivity index (χ0n) is 18.9. The lowest BCUT2D eigenvalue weighted by atomic mass is 10.0. The molecule has 0 saturated carbocycles. The van der Waals surface area contributed by atoms with E-state index in [2.05, 4.69) is 26.5 Å². The maximum Gasteiger partial charge on any atom is 0.244 e. The van der Waals surface area contributed by atoms with Gasteiger partial charge in [-0.25, -0.2) is 0 Å². The number of carbonyl (C=O) groups is 2. The van der Waals surface area contributed by atoms with Crippen LogP contribution in [0.4, 0.5) is 10.1 Å². The van der Waals surface area contributed by atoms with Crippen LogP contribution in [0.5, 0.6) is 11.6 Å². The van der Waals surface area contributed by atoms with Gasteiger partial charge in [-0.1, -0.05) is 35.7 Å².